The molecule has 0 aromatic carbocycles. The predicted molar refractivity (Wildman–Crippen MR) is 184 cm³/mol. The molecule has 268 valence electrons. The fourth-order valence-corrected chi connectivity index (χ4v) is 13.6. The average molecular weight is 649 g/mol. The summed E-state index contributed by atoms with van der Waals surface area (Å²) in [4.78, 5) is 0. The standard InChI is InChI=1S/C40H72O6/c1-11-46-30-16-13-26(18-27(30)14-17-31(42)37(6,7)8)28-15-12-22(2)33-29(28)20-38(9)21-39(10)19-23(3)32(25(5)41)36(44)40(39,45)24(4)34(38)35(33)43/h22-36,41-45H,11-21H2,1-10H3/t22?,23?,24?,25?,26?,27?,28?,29?,30?,31?,32?,33?,34?,35?,36?,38-,39+,40-/m0/s1. The molecule has 15 unspecified atom stereocenters. The van der Waals surface area contributed by atoms with E-state index in [2.05, 4.69) is 62.3 Å². The summed E-state index contributed by atoms with van der Waals surface area (Å²) in [6.07, 6.45) is 7.96. The van der Waals surface area contributed by atoms with Crippen molar-refractivity contribution in [3.63, 3.8) is 0 Å². The zero-order valence-corrected chi connectivity index (χ0v) is 31.1. The van der Waals surface area contributed by atoms with Crippen LogP contribution in [0.15, 0.2) is 0 Å². The molecule has 6 heteroatoms. The predicted octanol–water partition coefficient (Wildman–Crippen LogP) is 6.84. The molecule has 0 bridgehead atoms. The summed E-state index contributed by atoms with van der Waals surface area (Å²) < 4.78 is 6.32. The average Bonchev–Trinajstić information content (AvgIpc) is 2.93. The van der Waals surface area contributed by atoms with Crippen molar-refractivity contribution < 1.29 is 30.3 Å². The Morgan fingerprint density at radius 3 is 2.20 bits per heavy atom. The molecule has 0 spiro atoms. The van der Waals surface area contributed by atoms with Gasteiger partial charge in [0.2, 0.25) is 0 Å². The molecule has 0 radical (unpaired) electrons. The smallest absolute Gasteiger partial charge is 0.0991 e. The number of hydrogen-bond acceptors (Lipinski definition) is 6. The Morgan fingerprint density at radius 1 is 0.913 bits per heavy atom. The van der Waals surface area contributed by atoms with Crippen molar-refractivity contribution in [1.29, 1.82) is 0 Å². The van der Waals surface area contributed by atoms with Crippen LogP contribution in [0.5, 0.6) is 0 Å². The molecule has 6 nitrogen and oxygen atoms in total. The Hall–Kier alpha value is -0.240. The normalized spacial score (nSPS) is 52.6. The zero-order valence-electron chi connectivity index (χ0n) is 31.1. The maximum atomic E-state index is 12.6. The molecule has 5 aliphatic carbocycles. The highest BCUT2D eigenvalue weighted by atomic mass is 16.5. The van der Waals surface area contributed by atoms with Crippen molar-refractivity contribution in [2.75, 3.05) is 6.61 Å². The van der Waals surface area contributed by atoms with Crippen LogP contribution in [0.2, 0.25) is 0 Å². The highest BCUT2D eigenvalue weighted by molar-refractivity contribution is 5.21. The van der Waals surface area contributed by atoms with Gasteiger partial charge in [-0.2, -0.15) is 0 Å². The Labute approximate surface area is 281 Å². The van der Waals surface area contributed by atoms with Crippen molar-refractivity contribution in [1.82, 2.24) is 0 Å². The topological polar surface area (TPSA) is 110 Å². The molecular formula is C40H72O6. The lowest BCUT2D eigenvalue weighted by Crippen LogP contribution is -2.75. The van der Waals surface area contributed by atoms with E-state index in [-0.39, 0.29) is 52.6 Å². The molecule has 0 aliphatic heterocycles. The molecule has 5 rings (SSSR count). The second-order valence-electron chi connectivity index (χ2n) is 19.4. The number of rotatable bonds is 7. The molecule has 0 aromatic rings. The molecule has 5 aliphatic rings. The summed E-state index contributed by atoms with van der Waals surface area (Å²) in [7, 11) is 0. The van der Waals surface area contributed by atoms with Crippen LogP contribution in [0.4, 0.5) is 0 Å². The summed E-state index contributed by atoms with van der Waals surface area (Å²) in [6, 6.07) is 0. The van der Waals surface area contributed by atoms with Gasteiger partial charge in [-0.05, 0) is 141 Å². The Morgan fingerprint density at radius 2 is 1.59 bits per heavy atom. The van der Waals surface area contributed by atoms with Gasteiger partial charge in [0.25, 0.3) is 0 Å². The van der Waals surface area contributed by atoms with Crippen LogP contribution in [-0.2, 0) is 4.74 Å². The Bertz CT molecular complexity index is 1040. The van der Waals surface area contributed by atoms with E-state index in [1.54, 1.807) is 6.92 Å². The van der Waals surface area contributed by atoms with E-state index in [1.807, 2.05) is 0 Å². The van der Waals surface area contributed by atoms with Crippen LogP contribution in [-0.4, -0.2) is 68.3 Å². The minimum absolute atomic E-state index is 0.0916. The van der Waals surface area contributed by atoms with Gasteiger partial charge in [-0.15, -0.1) is 0 Å². The quantitative estimate of drug-likeness (QED) is 0.207. The van der Waals surface area contributed by atoms with Gasteiger partial charge >= 0.3 is 0 Å². The fraction of sp³-hybridized carbons (Fsp3) is 1.00. The second-order valence-corrected chi connectivity index (χ2v) is 19.4. The van der Waals surface area contributed by atoms with Gasteiger partial charge in [-0.1, -0.05) is 61.8 Å². The third-order valence-corrected chi connectivity index (χ3v) is 15.5. The molecule has 0 saturated heterocycles. The molecule has 0 aromatic heterocycles. The van der Waals surface area contributed by atoms with Gasteiger partial charge in [0, 0.05) is 12.5 Å². The summed E-state index contributed by atoms with van der Waals surface area (Å²) in [6.45, 7) is 22.1. The molecule has 18 atom stereocenters. The maximum Gasteiger partial charge on any atom is 0.0991 e. The van der Waals surface area contributed by atoms with Gasteiger partial charge < -0.3 is 30.3 Å². The molecule has 46 heavy (non-hydrogen) atoms. The van der Waals surface area contributed by atoms with Crippen molar-refractivity contribution in [2.24, 2.45) is 75.4 Å². The van der Waals surface area contributed by atoms with Crippen LogP contribution in [0, 0.1) is 75.4 Å². The minimum Gasteiger partial charge on any atom is -0.393 e. The lowest BCUT2D eigenvalue weighted by atomic mass is 9.36. The summed E-state index contributed by atoms with van der Waals surface area (Å²) in [5.74, 6) is 2.08. The van der Waals surface area contributed by atoms with E-state index in [0.717, 1.165) is 58.0 Å². The van der Waals surface area contributed by atoms with Crippen LogP contribution in [0.3, 0.4) is 0 Å². The van der Waals surface area contributed by atoms with Crippen molar-refractivity contribution >= 4 is 0 Å². The van der Waals surface area contributed by atoms with Crippen LogP contribution in [0.25, 0.3) is 0 Å². The SMILES string of the molecule is CCOC1CCC(C2CCC(C)C3C(O)C4C(C)[C@]5(O)C(O)C(C(C)O)C(C)C[C@]5(C)C[C@]4(C)CC23)CC1CCC(O)C(C)(C)C. The molecule has 5 saturated carbocycles. The van der Waals surface area contributed by atoms with E-state index in [0.29, 0.717) is 29.6 Å². The minimum atomic E-state index is -1.35. The second kappa shape index (κ2) is 13.1. The first-order valence-corrected chi connectivity index (χ1v) is 19.4. The first-order chi connectivity index (χ1) is 21.3. The van der Waals surface area contributed by atoms with Gasteiger partial charge in [-0.3, -0.25) is 0 Å². The van der Waals surface area contributed by atoms with E-state index < -0.39 is 29.3 Å². The van der Waals surface area contributed by atoms with Gasteiger partial charge in [0.05, 0.1) is 36.1 Å². The van der Waals surface area contributed by atoms with Gasteiger partial charge in [0.1, 0.15) is 0 Å². The third-order valence-electron chi connectivity index (χ3n) is 15.5. The summed E-state index contributed by atoms with van der Waals surface area (Å²) >= 11 is 0. The molecule has 5 N–H and O–H groups in total. The summed E-state index contributed by atoms with van der Waals surface area (Å²) in [5.41, 5.74) is -2.08. The largest absolute Gasteiger partial charge is 0.393 e. The first-order valence-electron chi connectivity index (χ1n) is 19.4. The van der Waals surface area contributed by atoms with Crippen LogP contribution in [0.1, 0.15) is 133 Å². The van der Waals surface area contributed by atoms with Crippen molar-refractivity contribution in [2.45, 2.75) is 170 Å². The number of fused-ring (bicyclic) bond motifs is 3. The first kappa shape index (κ1) is 37.0. The molecular weight excluding hydrogens is 576 g/mol. The number of hydrogen-bond donors (Lipinski definition) is 5. The molecule has 0 amide bonds. The Kier molecular flexibility index (Phi) is 10.6. The van der Waals surface area contributed by atoms with E-state index in [4.69, 9.17) is 4.74 Å². The highest BCUT2D eigenvalue weighted by Crippen LogP contribution is 2.70. The van der Waals surface area contributed by atoms with E-state index >= 15 is 0 Å². The van der Waals surface area contributed by atoms with E-state index in [9.17, 15) is 25.5 Å². The van der Waals surface area contributed by atoms with Gasteiger partial charge in [0.15, 0.2) is 0 Å². The molecule has 0 heterocycles. The van der Waals surface area contributed by atoms with Crippen LogP contribution >= 0.6 is 0 Å². The number of ether oxygens (including phenoxy) is 1. The molecule has 5 fully saturated rings. The fourth-order valence-electron chi connectivity index (χ4n) is 13.6. The zero-order chi connectivity index (χ0) is 34.1. The van der Waals surface area contributed by atoms with E-state index in [1.165, 1.54) is 12.8 Å². The van der Waals surface area contributed by atoms with Crippen LogP contribution < -0.4 is 0 Å². The summed E-state index contributed by atoms with van der Waals surface area (Å²) in [5, 5.41) is 58.6. The van der Waals surface area contributed by atoms with Crippen molar-refractivity contribution in [3.05, 3.63) is 0 Å². The Balaban J connectivity index is 1.42. The number of aliphatic hydroxyl groups is 5. The lowest BCUT2D eigenvalue weighted by molar-refractivity contribution is -0.314. The van der Waals surface area contributed by atoms with Crippen molar-refractivity contribution in [3.8, 4) is 0 Å². The van der Waals surface area contributed by atoms with Gasteiger partial charge in [-0.25, -0.2) is 0 Å². The highest BCUT2D eigenvalue weighted by Gasteiger charge is 2.72. The third kappa shape index (κ3) is 6.08. The monoisotopic (exact) mass is 649 g/mol. The number of aliphatic hydroxyl groups excluding tert-OH is 4. The maximum absolute atomic E-state index is 12.6. The lowest BCUT2D eigenvalue weighted by Gasteiger charge is -2.71.